The van der Waals surface area contributed by atoms with Crippen LogP contribution in [-0.4, -0.2) is 4.98 Å². The highest BCUT2D eigenvalue weighted by Gasteiger charge is 2.08. The van der Waals surface area contributed by atoms with Gasteiger partial charge >= 0.3 is 4.87 Å². The number of hydrogen-bond donors (Lipinski definition) is 1. The first-order chi connectivity index (χ1) is 8.72. The second-order valence-electron chi connectivity index (χ2n) is 3.73. The molecular formula is C13H8BrNO2S. The van der Waals surface area contributed by atoms with Crippen LogP contribution in [0, 0.1) is 0 Å². The van der Waals surface area contributed by atoms with Gasteiger partial charge in [-0.3, -0.25) is 4.79 Å². The van der Waals surface area contributed by atoms with E-state index >= 15 is 0 Å². The fraction of sp³-hybridized carbons (Fsp3) is 0. The highest BCUT2D eigenvalue weighted by molar-refractivity contribution is 9.10. The summed E-state index contributed by atoms with van der Waals surface area (Å²) in [4.78, 5) is 13.7. The third-order valence-electron chi connectivity index (χ3n) is 2.52. The first kappa shape index (κ1) is 11.5. The predicted molar refractivity (Wildman–Crippen MR) is 75.8 cm³/mol. The molecule has 0 unspecified atom stereocenters. The summed E-state index contributed by atoms with van der Waals surface area (Å²) in [5, 5.41) is 1.76. The molecule has 0 bridgehead atoms. The van der Waals surface area contributed by atoms with Crippen molar-refractivity contribution in [2.75, 3.05) is 0 Å². The van der Waals surface area contributed by atoms with Crippen molar-refractivity contribution in [3.05, 3.63) is 55.9 Å². The van der Waals surface area contributed by atoms with Crippen LogP contribution >= 0.6 is 27.3 Å². The summed E-state index contributed by atoms with van der Waals surface area (Å²) in [6, 6.07) is 11.6. The van der Waals surface area contributed by atoms with Crippen LogP contribution in [0.25, 0.3) is 22.8 Å². The fourth-order valence-electron chi connectivity index (χ4n) is 1.65. The highest BCUT2D eigenvalue weighted by atomic mass is 79.9. The Labute approximate surface area is 115 Å². The van der Waals surface area contributed by atoms with Crippen LogP contribution in [0.3, 0.4) is 0 Å². The summed E-state index contributed by atoms with van der Waals surface area (Å²) in [5.74, 6) is 1.45. The third-order valence-corrected chi connectivity index (χ3v) is 3.72. The Bertz CT molecular complexity index is 724. The smallest absolute Gasteiger partial charge is 0.305 e. The second kappa shape index (κ2) is 4.59. The number of nitrogens with one attached hydrogen (secondary N) is 1. The normalized spacial score (nSPS) is 10.7. The number of aromatic nitrogens is 1. The number of hydrogen-bond acceptors (Lipinski definition) is 3. The van der Waals surface area contributed by atoms with Crippen molar-refractivity contribution in [1.29, 1.82) is 0 Å². The molecule has 0 aliphatic rings. The van der Waals surface area contributed by atoms with E-state index in [1.165, 1.54) is 0 Å². The van der Waals surface area contributed by atoms with Crippen LogP contribution in [0.4, 0.5) is 0 Å². The average molecular weight is 322 g/mol. The highest BCUT2D eigenvalue weighted by Crippen LogP contribution is 2.28. The molecule has 2 aromatic heterocycles. The topological polar surface area (TPSA) is 46.0 Å². The van der Waals surface area contributed by atoms with E-state index in [9.17, 15) is 4.79 Å². The minimum atomic E-state index is -0.0772. The molecule has 1 N–H and O–H groups in total. The molecule has 18 heavy (non-hydrogen) atoms. The first-order valence-electron chi connectivity index (χ1n) is 5.26. The minimum absolute atomic E-state index is 0.0772. The zero-order chi connectivity index (χ0) is 12.5. The van der Waals surface area contributed by atoms with E-state index in [0.29, 0.717) is 11.5 Å². The lowest BCUT2D eigenvalue weighted by atomic mass is 10.2. The van der Waals surface area contributed by atoms with Crippen molar-refractivity contribution >= 4 is 27.3 Å². The molecule has 0 amide bonds. The van der Waals surface area contributed by atoms with Crippen molar-refractivity contribution in [2.45, 2.75) is 0 Å². The van der Waals surface area contributed by atoms with Gasteiger partial charge in [-0.2, -0.15) is 0 Å². The van der Waals surface area contributed by atoms with E-state index in [1.807, 2.05) is 36.4 Å². The van der Waals surface area contributed by atoms with Crippen LogP contribution in [0.5, 0.6) is 0 Å². The number of benzene rings is 1. The lowest BCUT2D eigenvalue weighted by Gasteiger charge is -1.97. The number of H-pyrrole nitrogens is 1. The van der Waals surface area contributed by atoms with Gasteiger partial charge in [0.1, 0.15) is 5.76 Å². The maximum atomic E-state index is 11.1. The molecule has 3 rings (SSSR count). The Morgan fingerprint density at radius 2 is 1.78 bits per heavy atom. The van der Waals surface area contributed by atoms with Gasteiger partial charge in [-0.1, -0.05) is 39.4 Å². The number of aromatic amines is 1. The Kier molecular flexibility index (Phi) is 2.93. The number of halogens is 1. The predicted octanol–water partition coefficient (Wildman–Crippen LogP) is 4.13. The fourth-order valence-corrected chi connectivity index (χ4v) is 2.49. The van der Waals surface area contributed by atoms with E-state index in [2.05, 4.69) is 20.9 Å². The maximum absolute atomic E-state index is 11.1. The van der Waals surface area contributed by atoms with Crippen molar-refractivity contribution in [2.24, 2.45) is 0 Å². The summed E-state index contributed by atoms with van der Waals surface area (Å²) in [6.45, 7) is 0. The zero-order valence-corrected chi connectivity index (χ0v) is 11.5. The quantitative estimate of drug-likeness (QED) is 0.771. The van der Waals surface area contributed by atoms with Gasteiger partial charge in [-0.25, -0.2) is 0 Å². The van der Waals surface area contributed by atoms with Gasteiger partial charge in [0.25, 0.3) is 0 Å². The second-order valence-corrected chi connectivity index (χ2v) is 5.49. The molecule has 0 fully saturated rings. The summed E-state index contributed by atoms with van der Waals surface area (Å²) in [7, 11) is 0. The molecule has 0 saturated heterocycles. The zero-order valence-electron chi connectivity index (χ0n) is 9.14. The molecule has 1 aromatic carbocycles. The van der Waals surface area contributed by atoms with Crippen LogP contribution in [-0.2, 0) is 0 Å². The van der Waals surface area contributed by atoms with E-state index in [1.54, 1.807) is 5.38 Å². The van der Waals surface area contributed by atoms with Crippen molar-refractivity contribution in [3.63, 3.8) is 0 Å². The third kappa shape index (κ3) is 2.19. The lowest BCUT2D eigenvalue weighted by Crippen LogP contribution is -1.91. The van der Waals surface area contributed by atoms with Gasteiger partial charge in [-0.15, -0.1) is 0 Å². The van der Waals surface area contributed by atoms with Crippen LogP contribution < -0.4 is 4.87 Å². The Morgan fingerprint density at radius 1 is 1.06 bits per heavy atom. The minimum Gasteiger partial charge on any atom is -0.455 e. The van der Waals surface area contributed by atoms with Crippen molar-refractivity contribution in [1.82, 2.24) is 4.98 Å². The number of furan rings is 1. The van der Waals surface area contributed by atoms with Gasteiger partial charge in [0.15, 0.2) is 5.76 Å². The summed E-state index contributed by atoms with van der Waals surface area (Å²) >= 11 is 4.52. The van der Waals surface area contributed by atoms with E-state index in [0.717, 1.165) is 27.1 Å². The summed E-state index contributed by atoms with van der Waals surface area (Å²) < 4.78 is 6.76. The van der Waals surface area contributed by atoms with Crippen LogP contribution in [0.2, 0.25) is 0 Å². The maximum Gasteiger partial charge on any atom is 0.305 e. The molecule has 0 radical (unpaired) electrons. The van der Waals surface area contributed by atoms with Gasteiger partial charge in [-0.05, 0) is 24.3 Å². The molecular weight excluding hydrogens is 314 g/mol. The standard InChI is InChI=1S/C13H8BrNO2S/c14-9-3-1-8(2-4-9)11-5-6-12(17-11)10-7-18-13(16)15-10/h1-7H,(H,15,16). The van der Waals surface area contributed by atoms with Crippen molar-refractivity contribution in [3.8, 4) is 22.8 Å². The molecule has 90 valence electrons. The summed E-state index contributed by atoms with van der Waals surface area (Å²) in [6.07, 6.45) is 0. The number of rotatable bonds is 2. The Morgan fingerprint density at radius 3 is 2.44 bits per heavy atom. The van der Waals surface area contributed by atoms with Gasteiger partial charge in [0.2, 0.25) is 0 Å². The first-order valence-corrected chi connectivity index (χ1v) is 6.93. The van der Waals surface area contributed by atoms with E-state index < -0.39 is 0 Å². The van der Waals surface area contributed by atoms with Crippen LogP contribution in [0.1, 0.15) is 0 Å². The van der Waals surface area contributed by atoms with E-state index in [-0.39, 0.29) is 4.87 Å². The van der Waals surface area contributed by atoms with Gasteiger partial charge in [0, 0.05) is 15.4 Å². The molecule has 0 aliphatic carbocycles. The lowest BCUT2D eigenvalue weighted by molar-refractivity contribution is 0.595. The molecule has 5 heteroatoms. The Hall–Kier alpha value is -1.59. The summed E-state index contributed by atoms with van der Waals surface area (Å²) in [5.41, 5.74) is 1.72. The molecule has 0 spiro atoms. The van der Waals surface area contributed by atoms with Crippen LogP contribution in [0.15, 0.2) is 55.5 Å². The number of thiazole rings is 1. The average Bonchev–Trinajstić information content (AvgIpc) is 2.98. The molecule has 0 aliphatic heterocycles. The molecule has 3 aromatic rings. The van der Waals surface area contributed by atoms with Crippen molar-refractivity contribution < 1.29 is 4.42 Å². The molecule has 3 nitrogen and oxygen atoms in total. The van der Waals surface area contributed by atoms with E-state index in [4.69, 9.17) is 4.42 Å². The van der Waals surface area contributed by atoms with Gasteiger partial charge < -0.3 is 9.40 Å². The Balaban J connectivity index is 1.98. The molecule has 2 heterocycles. The largest absolute Gasteiger partial charge is 0.455 e. The van der Waals surface area contributed by atoms with Gasteiger partial charge in [0.05, 0.1) is 5.69 Å². The molecule has 0 saturated carbocycles. The monoisotopic (exact) mass is 321 g/mol. The SMILES string of the molecule is O=c1[nH]c(-c2ccc(-c3ccc(Br)cc3)o2)cs1. The molecule has 0 atom stereocenters.